The van der Waals surface area contributed by atoms with E-state index in [2.05, 4.69) is 10.0 Å². The Morgan fingerprint density at radius 3 is 2.47 bits per heavy atom. The van der Waals surface area contributed by atoms with Crippen molar-refractivity contribution in [1.82, 2.24) is 10.0 Å². The van der Waals surface area contributed by atoms with Gasteiger partial charge in [-0.15, -0.1) is 0 Å². The maximum atomic E-state index is 12.0. The van der Waals surface area contributed by atoms with Gasteiger partial charge in [0.1, 0.15) is 0 Å². The lowest BCUT2D eigenvalue weighted by atomic mass is 10.3. The second-order valence-electron chi connectivity index (χ2n) is 4.23. The van der Waals surface area contributed by atoms with Crippen molar-refractivity contribution in [2.24, 2.45) is 0 Å². The minimum atomic E-state index is -3.87. The predicted octanol–water partition coefficient (Wildman–Crippen LogP) is 0.871. The SMILES string of the molecule is CC(C)NCCNS(=O)(=O)c1ccccc1[N+](=O)[O-]. The van der Waals surface area contributed by atoms with Gasteiger partial charge in [0.2, 0.25) is 10.0 Å². The Kier molecular flexibility index (Phi) is 5.40. The van der Waals surface area contributed by atoms with Crippen LogP contribution in [0.3, 0.4) is 0 Å². The molecule has 0 aliphatic heterocycles. The number of benzene rings is 1. The minimum Gasteiger partial charge on any atom is -0.313 e. The molecule has 0 spiro atoms. The van der Waals surface area contributed by atoms with Crippen LogP contribution in [-0.4, -0.2) is 32.5 Å². The van der Waals surface area contributed by atoms with E-state index < -0.39 is 20.6 Å². The number of para-hydroxylation sites is 1. The molecule has 0 saturated heterocycles. The van der Waals surface area contributed by atoms with Crippen LogP contribution in [0.2, 0.25) is 0 Å². The molecular weight excluding hydrogens is 270 g/mol. The van der Waals surface area contributed by atoms with Crippen LogP contribution < -0.4 is 10.0 Å². The highest BCUT2D eigenvalue weighted by Gasteiger charge is 2.24. The molecule has 0 aliphatic carbocycles. The largest absolute Gasteiger partial charge is 0.313 e. The molecule has 0 bridgehead atoms. The van der Waals surface area contributed by atoms with Crippen molar-refractivity contribution in [1.29, 1.82) is 0 Å². The van der Waals surface area contributed by atoms with Gasteiger partial charge in [-0.25, -0.2) is 13.1 Å². The molecule has 2 N–H and O–H groups in total. The maximum absolute atomic E-state index is 12.0. The second-order valence-corrected chi connectivity index (χ2v) is 5.97. The fourth-order valence-corrected chi connectivity index (χ4v) is 2.66. The summed E-state index contributed by atoms with van der Waals surface area (Å²) in [6, 6.07) is 5.51. The maximum Gasteiger partial charge on any atom is 0.289 e. The van der Waals surface area contributed by atoms with E-state index in [1.165, 1.54) is 24.3 Å². The molecule has 0 heterocycles. The summed E-state index contributed by atoms with van der Waals surface area (Å²) in [6.07, 6.45) is 0. The second kappa shape index (κ2) is 6.60. The molecule has 106 valence electrons. The van der Waals surface area contributed by atoms with Crippen molar-refractivity contribution in [2.75, 3.05) is 13.1 Å². The lowest BCUT2D eigenvalue weighted by molar-refractivity contribution is -0.387. The Bertz CT molecular complexity index is 543. The Hall–Kier alpha value is -1.51. The molecular formula is C11H17N3O4S. The zero-order valence-electron chi connectivity index (χ0n) is 10.8. The van der Waals surface area contributed by atoms with E-state index in [4.69, 9.17) is 0 Å². The number of nitrogens with one attached hydrogen (secondary N) is 2. The lowest BCUT2D eigenvalue weighted by Crippen LogP contribution is -2.34. The fraction of sp³-hybridized carbons (Fsp3) is 0.455. The molecule has 0 atom stereocenters. The van der Waals surface area contributed by atoms with Crippen LogP contribution in [0.5, 0.6) is 0 Å². The van der Waals surface area contributed by atoms with Crippen LogP contribution in [0, 0.1) is 10.1 Å². The number of rotatable bonds is 7. The van der Waals surface area contributed by atoms with E-state index >= 15 is 0 Å². The molecule has 0 aliphatic rings. The van der Waals surface area contributed by atoms with E-state index in [0.717, 1.165) is 0 Å². The van der Waals surface area contributed by atoms with E-state index in [1.807, 2.05) is 13.8 Å². The average Bonchev–Trinajstić information content (AvgIpc) is 2.34. The highest BCUT2D eigenvalue weighted by atomic mass is 32.2. The molecule has 0 amide bonds. The highest BCUT2D eigenvalue weighted by molar-refractivity contribution is 7.89. The summed E-state index contributed by atoms with van der Waals surface area (Å²) < 4.78 is 26.2. The first-order valence-electron chi connectivity index (χ1n) is 5.81. The van der Waals surface area contributed by atoms with Gasteiger partial charge in [0.15, 0.2) is 4.90 Å². The van der Waals surface area contributed by atoms with Gasteiger partial charge >= 0.3 is 0 Å². The monoisotopic (exact) mass is 287 g/mol. The quantitative estimate of drug-likeness (QED) is 0.440. The molecule has 0 saturated carbocycles. The fourth-order valence-electron chi connectivity index (χ4n) is 1.46. The molecule has 1 aromatic rings. The van der Waals surface area contributed by atoms with Gasteiger partial charge in [0.25, 0.3) is 5.69 Å². The van der Waals surface area contributed by atoms with Crippen molar-refractivity contribution in [3.05, 3.63) is 34.4 Å². The molecule has 1 rings (SSSR count). The van der Waals surface area contributed by atoms with Gasteiger partial charge in [0.05, 0.1) is 4.92 Å². The van der Waals surface area contributed by atoms with Crippen molar-refractivity contribution >= 4 is 15.7 Å². The standard InChI is InChI=1S/C11H17N3O4S/c1-9(2)12-7-8-13-19(17,18)11-6-4-3-5-10(11)14(15)16/h3-6,9,12-13H,7-8H2,1-2H3. The predicted molar refractivity (Wildman–Crippen MR) is 71.4 cm³/mol. The van der Waals surface area contributed by atoms with Gasteiger partial charge in [-0.1, -0.05) is 26.0 Å². The van der Waals surface area contributed by atoms with E-state index in [9.17, 15) is 18.5 Å². The molecule has 0 radical (unpaired) electrons. The third kappa shape index (κ3) is 4.58. The Morgan fingerprint density at radius 2 is 1.89 bits per heavy atom. The molecule has 0 unspecified atom stereocenters. The first-order chi connectivity index (χ1) is 8.84. The Balaban J connectivity index is 2.80. The van der Waals surface area contributed by atoms with E-state index in [-0.39, 0.29) is 17.5 Å². The summed E-state index contributed by atoms with van der Waals surface area (Å²) in [4.78, 5) is 9.77. The average molecular weight is 287 g/mol. The van der Waals surface area contributed by atoms with Crippen LogP contribution in [-0.2, 0) is 10.0 Å². The summed E-state index contributed by atoms with van der Waals surface area (Å²) in [5.41, 5.74) is -0.424. The highest BCUT2D eigenvalue weighted by Crippen LogP contribution is 2.22. The number of sulfonamides is 1. The van der Waals surface area contributed by atoms with Gasteiger partial charge in [0, 0.05) is 25.2 Å². The van der Waals surface area contributed by atoms with Crippen LogP contribution in [0.4, 0.5) is 5.69 Å². The smallest absolute Gasteiger partial charge is 0.289 e. The van der Waals surface area contributed by atoms with Crippen molar-refractivity contribution in [2.45, 2.75) is 24.8 Å². The molecule has 7 nitrogen and oxygen atoms in total. The summed E-state index contributed by atoms with van der Waals surface area (Å²) in [5.74, 6) is 0. The van der Waals surface area contributed by atoms with Crippen molar-refractivity contribution < 1.29 is 13.3 Å². The van der Waals surface area contributed by atoms with Crippen LogP contribution in [0.1, 0.15) is 13.8 Å². The number of nitro groups is 1. The van der Waals surface area contributed by atoms with Gasteiger partial charge < -0.3 is 5.32 Å². The summed E-state index contributed by atoms with van der Waals surface area (Å²) in [5, 5.41) is 13.8. The summed E-state index contributed by atoms with van der Waals surface area (Å²) >= 11 is 0. The summed E-state index contributed by atoms with van der Waals surface area (Å²) in [7, 11) is -3.87. The van der Waals surface area contributed by atoms with Crippen LogP contribution in [0.25, 0.3) is 0 Å². The molecule has 19 heavy (non-hydrogen) atoms. The van der Waals surface area contributed by atoms with Gasteiger partial charge in [-0.05, 0) is 6.07 Å². The first-order valence-corrected chi connectivity index (χ1v) is 7.29. The molecule has 1 aromatic carbocycles. The number of nitrogens with zero attached hydrogens (tertiary/aromatic N) is 1. The van der Waals surface area contributed by atoms with Gasteiger partial charge in [-0.2, -0.15) is 0 Å². The summed E-state index contributed by atoms with van der Waals surface area (Å²) in [6.45, 7) is 4.51. The van der Waals surface area contributed by atoms with Gasteiger partial charge in [-0.3, -0.25) is 10.1 Å². The number of nitro benzene ring substituents is 1. The minimum absolute atomic E-state index is 0.173. The van der Waals surface area contributed by atoms with E-state index in [0.29, 0.717) is 6.54 Å². The third-order valence-corrected chi connectivity index (χ3v) is 3.83. The lowest BCUT2D eigenvalue weighted by Gasteiger charge is -2.09. The van der Waals surface area contributed by atoms with Crippen LogP contribution in [0.15, 0.2) is 29.2 Å². The normalized spacial score (nSPS) is 11.7. The Morgan fingerprint density at radius 1 is 1.26 bits per heavy atom. The van der Waals surface area contributed by atoms with E-state index in [1.54, 1.807) is 0 Å². The zero-order chi connectivity index (χ0) is 14.5. The Labute approximate surface area is 112 Å². The molecule has 0 fully saturated rings. The third-order valence-electron chi connectivity index (χ3n) is 2.32. The number of hydrogen-bond acceptors (Lipinski definition) is 5. The van der Waals surface area contributed by atoms with Crippen molar-refractivity contribution in [3.63, 3.8) is 0 Å². The molecule has 8 heteroatoms. The number of hydrogen-bond donors (Lipinski definition) is 2. The molecule has 0 aromatic heterocycles. The topological polar surface area (TPSA) is 101 Å². The zero-order valence-corrected chi connectivity index (χ0v) is 11.6. The van der Waals surface area contributed by atoms with Crippen LogP contribution >= 0.6 is 0 Å². The first kappa shape index (κ1) is 15.5. The van der Waals surface area contributed by atoms with Crippen molar-refractivity contribution in [3.8, 4) is 0 Å².